The second-order valence-electron chi connectivity index (χ2n) is 5.71. The maximum absolute atomic E-state index is 12.8. The summed E-state index contributed by atoms with van der Waals surface area (Å²) in [4.78, 5) is 12.8. The third kappa shape index (κ3) is 3.85. The molecular formula is C21H18INO. The van der Waals surface area contributed by atoms with E-state index in [1.54, 1.807) is 0 Å². The Balaban J connectivity index is 1.94. The standard InChI is InChI=1S/C21H18INO/c1-15-12-13-18(19(22)14-15)21(24)23-20(16-8-4-2-5-9-16)17-10-6-3-7-11-17/h2-14,20H,1H3,(H,23,24). The van der Waals surface area contributed by atoms with Crippen LogP contribution in [0, 0.1) is 10.5 Å². The van der Waals surface area contributed by atoms with Gasteiger partial charge in [-0.05, 0) is 52.8 Å². The van der Waals surface area contributed by atoms with Crippen molar-refractivity contribution >= 4 is 28.5 Å². The third-order valence-electron chi connectivity index (χ3n) is 3.91. The summed E-state index contributed by atoms with van der Waals surface area (Å²) in [6.07, 6.45) is 0. The molecule has 0 spiro atoms. The molecule has 0 saturated heterocycles. The molecule has 0 heterocycles. The van der Waals surface area contributed by atoms with E-state index in [9.17, 15) is 4.79 Å². The summed E-state index contributed by atoms with van der Waals surface area (Å²) < 4.78 is 0.963. The predicted octanol–water partition coefficient (Wildman–Crippen LogP) is 5.12. The molecular weight excluding hydrogens is 409 g/mol. The van der Waals surface area contributed by atoms with E-state index in [1.807, 2.05) is 85.8 Å². The molecule has 24 heavy (non-hydrogen) atoms. The van der Waals surface area contributed by atoms with Crippen LogP contribution < -0.4 is 5.32 Å². The fourth-order valence-corrected chi connectivity index (χ4v) is 3.58. The first-order valence-electron chi connectivity index (χ1n) is 7.82. The molecule has 0 aliphatic carbocycles. The predicted molar refractivity (Wildman–Crippen MR) is 106 cm³/mol. The second kappa shape index (κ2) is 7.62. The number of carbonyl (C=O) groups excluding carboxylic acids is 1. The molecule has 0 bridgehead atoms. The lowest BCUT2D eigenvalue weighted by atomic mass is 9.98. The maximum Gasteiger partial charge on any atom is 0.253 e. The molecule has 1 N–H and O–H groups in total. The highest BCUT2D eigenvalue weighted by Crippen LogP contribution is 2.23. The number of carbonyl (C=O) groups is 1. The van der Waals surface area contributed by atoms with Gasteiger partial charge in [-0.2, -0.15) is 0 Å². The van der Waals surface area contributed by atoms with Gasteiger partial charge in [-0.25, -0.2) is 0 Å². The first-order chi connectivity index (χ1) is 11.6. The molecule has 0 fully saturated rings. The fourth-order valence-electron chi connectivity index (χ4n) is 2.66. The molecule has 120 valence electrons. The van der Waals surface area contributed by atoms with Crippen LogP contribution >= 0.6 is 22.6 Å². The molecule has 0 aliphatic rings. The van der Waals surface area contributed by atoms with Crippen LogP contribution in [0.25, 0.3) is 0 Å². The molecule has 1 amide bonds. The lowest BCUT2D eigenvalue weighted by Crippen LogP contribution is -2.29. The Kier molecular flexibility index (Phi) is 5.30. The summed E-state index contributed by atoms with van der Waals surface area (Å²) in [5.41, 5.74) is 4.00. The lowest BCUT2D eigenvalue weighted by molar-refractivity contribution is 0.0942. The van der Waals surface area contributed by atoms with Crippen molar-refractivity contribution in [2.24, 2.45) is 0 Å². The first-order valence-corrected chi connectivity index (χ1v) is 8.90. The maximum atomic E-state index is 12.8. The van der Waals surface area contributed by atoms with E-state index in [1.165, 1.54) is 0 Å². The van der Waals surface area contributed by atoms with Crippen molar-refractivity contribution < 1.29 is 4.79 Å². The van der Waals surface area contributed by atoms with Crippen LogP contribution in [0.15, 0.2) is 78.9 Å². The zero-order valence-electron chi connectivity index (χ0n) is 13.4. The molecule has 3 aromatic carbocycles. The van der Waals surface area contributed by atoms with E-state index in [-0.39, 0.29) is 11.9 Å². The van der Waals surface area contributed by atoms with Crippen molar-refractivity contribution in [1.29, 1.82) is 0 Å². The highest BCUT2D eigenvalue weighted by atomic mass is 127. The SMILES string of the molecule is Cc1ccc(C(=O)NC(c2ccccc2)c2ccccc2)c(I)c1. The summed E-state index contributed by atoms with van der Waals surface area (Å²) in [6.45, 7) is 2.03. The average molecular weight is 427 g/mol. The van der Waals surface area contributed by atoms with Crippen molar-refractivity contribution in [3.63, 3.8) is 0 Å². The number of halogens is 1. The normalized spacial score (nSPS) is 10.6. The Morgan fingerprint density at radius 2 is 1.42 bits per heavy atom. The Hall–Kier alpha value is -2.14. The zero-order chi connectivity index (χ0) is 16.9. The molecule has 0 radical (unpaired) electrons. The average Bonchev–Trinajstić information content (AvgIpc) is 2.61. The van der Waals surface area contributed by atoms with E-state index < -0.39 is 0 Å². The summed E-state index contributed by atoms with van der Waals surface area (Å²) in [7, 11) is 0. The van der Waals surface area contributed by atoms with Gasteiger partial charge in [0.15, 0.2) is 0 Å². The van der Waals surface area contributed by atoms with Gasteiger partial charge in [0, 0.05) is 3.57 Å². The summed E-state index contributed by atoms with van der Waals surface area (Å²) in [5, 5.41) is 3.18. The van der Waals surface area contributed by atoms with Gasteiger partial charge in [0.05, 0.1) is 11.6 Å². The van der Waals surface area contributed by atoms with Crippen molar-refractivity contribution in [2.75, 3.05) is 0 Å². The minimum atomic E-state index is -0.169. The van der Waals surface area contributed by atoms with Crippen LogP contribution in [0.2, 0.25) is 0 Å². The minimum absolute atomic E-state index is 0.0582. The van der Waals surface area contributed by atoms with Crippen LogP contribution in [0.5, 0.6) is 0 Å². The van der Waals surface area contributed by atoms with Gasteiger partial charge >= 0.3 is 0 Å². The Labute approximate surface area is 156 Å². The van der Waals surface area contributed by atoms with Crippen molar-refractivity contribution in [1.82, 2.24) is 5.32 Å². The van der Waals surface area contributed by atoms with Crippen LogP contribution in [-0.4, -0.2) is 5.91 Å². The van der Waals surface area contributed by atoms with E-state index in [0.29, 0.717) is 5.56 Å². The molecule has 0 atom stereocenters. The van der Waals surface area contributed by atoms with Crippen LogP contribution in [0.3, 0.4) is 0 Å². The van der Waals surface area contributed by atoms with Gasteiger partial charge in [0.2, 0.25) is 0 Å². The number of aryl methyl sites for hydroxylation is 1. The van der Waals surface area contributed by atoms with Crippen LogP contribution in [-0.2, 0) is 0 Å². The Morgan fingerprint density at radius 1 is 0.875 bits per heavy atom. The molecule has 0 saturated carbocycles. The van der Waals surface area contributed by atoms with Crippen molar-refractivity contribution in [3.8, 4) is 0 Å². The van der Waals surface area contributed by atoms with Gasteiger partial charge in [-0.3, -0.25) is 4.79 Å². The molecule has 3 heteroatoms. The number of hydrogen-bond donors (Lipinski definition) is 1. The smallest absolute Gasteiger partial charge is 0.253 e. The third-order valence-corrected chi connectivity index (χ3v) is 4.80. The van der Waals surface area contributed by atoms with Gasteiger partial charge in [0.1, 0.15) is 0 Å². The number of rotatable bonds is 4. The molecule has 0 unspecified atom stereocenters. The van der Waals surface area contributed by atoms with E-state index >= 15 is 0 Å². The highest BCUT2D eigenvalue weighted by Gasteiger charge is 2.18. The largest absolute Gasteiger partial charge is 0.341 e. The number of hydrogen-bond acceptors (Lipinski definition) is 1. The summed E-state index contributed by atoms with van der Waals surface area (Å²) in [6, 6.07) is 25.8. The molecule has 0 aromatic heterocycles. The highest BCUT2D eigenvalue weighted by molar-refractivity contribution is 14.1. The van der Waals surface area contributed by atoms with Crippen LogP contribution in [0.1, 0.15) is 33.1 Å². The lowest BCUT2D eigenvalue weighted by Gasteiger charge is -2.20. The zero-order valence-corrected chi connectivity index (χ0v) is 15.5. The quantitative estimate of drug-likeness (QED) is 0.576. The Morgan fingerprint density at radius 3 is 1.92 bits per heavy atom. The molecule has 3 aromatic rings. The van der Waals surface area contributed by atoms with Gasteiger partial charge < -0.3 is 5.32 Å². The van der Waals surface area contributed by atoms with Crippen molar-refractivity contribution in [3.05, 3.63) is 105 Å². The van der Waals surface area contributed by atoms with E-state index in [4.69, 9.17) is 0 Å². The minimum Gasteiger partial charge on any atom is -0.341 e. The van der Waals surface area contributed by atoms with Gasteiger partial charge in [-0.15, -0.1) is 0 Å². The molecule has 2 nitrogen and oxygen atoms in total. The Bertz CT molecular complexity index is 791. The van der Waals surface area contributed by atoms with Crippen molar-refractivity contribution in [2.45, 2.75) is 13.0 Å². The topological polar surface area (TPSA) is 29.1 Å². The number of nitrogens with one attached hydrogen (secondary N) is 1. The summed E-state index contributed by atoms with van der Waals surface area (Å²) >= 11 is 2.22. The van der Waals surface area contributed by atoms with E-state index in [0.717, 1.165) is 20.3 Å². The van der Waals surface area contributed by atoms with Gasteiger partial charge in [0.25, 0.3) is 5.91 Å². The van der Waals surface area contributed by atoms with Gasteiger partial charge in [-0.1, -0.05) is 72.3 Å². The molecule has 3 rings (SSSR count). The van der Waals surface area contributed by atoms with E-state index in [2.05, 4.69) is 27.9 Å². The first kappa shape index (κ1) is 16.7. The number of amides is 1. The second-order valence-corrected chi connectivity index (χ2v) is 6.87. The fraction of sp³-hybridized carbons (Fsp3) is 0.0952. The monoisotopic (exact) mass is 427 g/mol. The number of benzene rings is 3. The summed E-state index contributed by atoms with van der Waals surface area (Å²) in [5.74, 6) is -0.0582. The van der Waals surface area contributed by atoms with Crippen LogP contribution in [0.4, 0.5) is 0 Å². The molecule has 0 aliphatic heterocycles.